The minimum Gasteiger partial charge on any atom is -0.355 e. The van der Waals surface area contributed by atoms with Crippen LogP contribution in [0.4, 0.5) is 0 Å². The number of carbonyl (C=O) groups excluding carboxylic acids is 1. The summed E-state index contributed by atoms with van der Waals surface area (Å²) in [5.74, 6) is -0.120. The molecule has 1 aromatic carbocycles. The molecule has 0 atom stereocenters. The molecule has 0 spiro atoms. The van der Waals surface area contributed by atoms with E-state index in [0.29, 0.717) is 30.5 Å². The summed E-state index contributed by atoms with van der Waals surface area (Å²) in [6.07, 6.45) is 1.71. The van der Waals surface area contributed by atoms with E-state index in [1.165, 1.54) is 10.9 Å². The molecule has 0 bridgehead atoms. The lowest BCUT2D eigenvalue weighted by Crippen LogP contribution is -2.31. The van der Waals surface area contributed by atoms with E-state index in [2.05, 4.69) is 10.3 Å². The summed E-state index contributed by atoms with van der Waals surface area (Å²) in [4.78, 5) is 27.8. The van der Waals surface area contributed by atoms with E-state index in [1.54, 1.807) is 18.2 Å². The normalized spacial score (nSPS) is 10.1. The number of hydrogen-bond acceptors (Lipinski definition) is 4. The zero-order valence-electron chi connectivity index (χ0n) is 10.9. The van der Waals surface area contributed by atoms with Crippen molar-refractivity contribution in [3.63, 3.8) is 0 Å². The molecule has 3 N–H and O–H groups in total. The Morgan fingerprint density at radius 1 is 1.35 bits per heavy atom. The van der Waals surface area contributed by atoms with E-state index >= 15 is 0 Å². The number of nitrogens with one attached hydrogen (secondary N) is 1. The molecular weight excluding hydrogens is 280 g/mol. The second-order valence-corrected chi connectivity index (χ2v) is 4.15. The molecule has 1 heterocycles. The van der Waals surface area contributed by atoms with Gasteiger partial charge in [-0.25, -0.2) is 4.98 Å². The van der Waals surface area contributed by atoms with Crippen LogP contribution in [-0.2, 0) is 11.3 Å². The molecule has 108 valence electrons. The third-order valence-electron chi connectivity index (χ3n) is 2.78. The van der Waals surface area contributed by atoms with Crippen molar-refractivity contribution in [1.29, 1.82) is 0 Å². The van der Waals surface area contributed by atoms with Gasteiger partial charge in [0.25, 0.3) is 5.56 Å². The van der Waals surface area contributed by atoms with E-state index in [1.807, 2.05) is 6.07 Å². The van der Waals surface area contributed by atoms with Crippen LogP contribution in [0, 0.1) is 0 Å². The lowest BCUT2D eigenvalue weighted by atomic mass is 10.2. The van der Waals surface area contributed by atoms with Crippen molar-refractivity contribution in [3.05, 3.63) is 40.9 Å². The maximum Gasteiger partial charge on any atom is 0.261 e. The fourth-order valence-electron chi connectivity index (χ4n) is 1.79. The van der Waals surface area contributed by atoms with Crippen LogP contribution in [-0.4, -0.2) is 28.5 Å². The summed E-state index contributed by atoms with van der Waals surface area (Å²) in [5, 5.41) is 3.22. The van der Waals surface area contributed by atoms with E-state index < -0.39 is 0 Å². The van der Waals surface area contributed by atoms with E-state index in [9.17, 15) is 9.59 Å². The fraction of sp³-hybridized carbons (Fsp3) is 0.308. The van der Waals surface area contributed by atoms with E-state index in [0.717, 1.165) is 0 Å². The number of amides is 1. The minimum atomic E-state index is -0.128. The number of carbonyl (C=O) groups is 1. The zero-order valence-corrected chi connectivity index (χ0v) is 11.7. The average molecular weight is 297 g/mol. The molecule has 6 nitrogen and oxygen atoms in total. The van der Waals surface area contributed by atoms with Crippen LogP contribution in [0.3, 0.4) is 0 Å². The molecule has 0 radical (unpaired) electrons. The lowest BCUT2D eigenvalue weighted by Gasteiger charge is -2.07. The molecule has 0 saturated heterocycles. The summed E-state index contributed by atoms with van der Waals surface area (Å²) in [5.41, 5.74) is 5.83. The third-order valence-corrected chi connectivity index (χ3v) is 2.78. The number of aryl methyl sites for hydroxylation is 1. The van der Waals surface area contributed by atoms with Gasteiger partial charge in [-0.15, -0.1) is 12.4 Å². The Bertz CT molecular complexity index is 642. The summed E-state index contributed by atoms with van der Waals surface area (Å²) in [6, 6.07) is 7.15. The van der Waals surface area contributed by atoms with Gasteiger partial charge >= 0.3 is 0 Å². The molecule has 0 saturated carbocycles. The fourth-order valence-corrected chi connectivity index (χ4v) is 1.79. The van der Waals surface area contributed by atoms with Crippen LogP contribution in [0.25, 0.3) is 10.9 Å². The monoisotopic (exact) mass is 296 g/mol. The molecule has 0 aliphatic carbocycles. The molecule has 20 heavy (non-hydrogen) atoms. The van der Waals surface area contributed by atoms with Gasteiger partial charge < -0.3 is 11.1 Å². The molecule has 1 aromatic heterocycles. The Balaban J connectivity index is 0.00000200. The summed E-state index contributed by atoms with van der Waals surface area (Å²) in [6.45, 7) is 1.17. The molecule has 0 aliphatic heterocycles. The van der Waals surface area contributed by atoms with Crippen LogP contribution in [0.1, 0.15) is 6.42 Å². The molecule has 0 fully saturated rings. The van der Waals surface area contributed by atoms with Crippen LogP contribution >= 0.6 is 12.4 Å². The molecule has 0 unspecified atom stereocenters. The van der Waals surface area contributed by atoms with Crippen molar-refractivity contribution < 1.29 is 4.79 Å². The summed E-state index contributed by atoms with van der Waals surface area (Å²) in [7, 11) is 0. The topological polar surface area (TPSA) is 90.0 Å². The van der Waals surface area contributed by atoms with Crippen LogP contribution < -0.4 is 16.6 Å². The third kappa shape index (κ3) is 3.79. The number of benzene rings is 1. The highest BCUT2D eigenvalue weighted by Gasteiger charge is 2.05. The maximum atomic E-state index is 12.1. The van der Waals surface area contributed by atoms with E-state index in [-0.39, 0.29) is 30.3 Å². The van der Waals surface area contributed by atoms with Crippen molar-refractivity contribution in [2.75, 3.05) is 13.1 Å². The maximum absolute atomic E-state index is 12.1. The van der Waals surface area contributed by atoms with Crippen LogP contribution in [0.5, 0.6) is 0 Å². The number of fused-ring (bicyclic) bond motifs is 1. The quantitative estimate of drug-likeness (QED) is 0.829. The first-order valence-corrected chi connectivity index (χ1v) is 6.13. The highest BCUT2D eigenvalue weighted by atomic mass is 35.5. The van der Waals surface area contributed by atoms with E-state index in [4.69, 9.17) is 5.73 Å². The Morgan fingerprint density at radius 3 is 2.85 bits per heavy atom. The standard InChI is InChI=1S/C13H16N4O2.ClH/c14-6-7-15-12(18)5-8-17-9-16-11-4-2-1-3-10(11)13(17)19;/h1-4,9H,5-8,14H2,(H,15,18);1H. The number of nitrogens with two attached hydrogens (primary N) is 1. The van der Waals surface area contributed by atoms with Crippen molar-refractivity contribution in [2.45, 2.75) is 13.0 Å². The SMILES string of the molecule is Cl.NCCNC(=O)CCn1cnc2ccccc2c1=O. The first-order valence-electron chi connectivity index (χ1n) is 6.13. The van der Waals surface area contributed by atoms with Crippen LogP contribution in [0.15, 0.2) is 35.4 Å². The first kappa shape index (κ1) is 16.1. The molecule has 1 amide bonds. The Hall–Kier alpha value is -1.92. The highest BCUT2D eigenvalue weighted by Crippen LogP contribution is 2.04. The average Bonchev–Trinajstić information content (AvgIpc) is 2.44. The molecule has 7 heteroatoms. The molecule has 0 aliphatic rings. The first-order chi connectivity index (χ1) is 9.22. The lowest BCUT2D eigenvalue weighted by molar-refractivity contribution is -0.121. The predicted octanol–water partition coefficient (Wildman–Crippen LogP) is 0.283. The van der Waals surface area contributed by atoms with Gasteiger partial charge in [-0.3, -0.25) is 14.2 Å². The number of aromatic nitrogens is 2. The van der Waals surface area contributed by atoms with Gasteiger partial charge in [-0.05, 0) is 12.1 Å². The van der Waals surface area contributed by atoms with Gasteiger partial charge in [0, 0.05) is 26.1 Å². The molecule has 2 rings (SSSR count). The van der Waals surface area contributed by atoms with Gasteiger partial charge in [0.05, 0.1) is 17.2 Å². The Morgan fingerprint density at radius 2 is 2.10 bits per heavy atom. The summed E-state index contributed by atoms with van der Waals surface area (Å²) < 4.78 is 1.45. The second kappa shape index (κ2) is 7.62. The Kier molecular flexibility index (Phi) is 6.14. The predicted molar refractivity (Wildman–Crippen MR) is 79.9 cm³/mol. The van der Waals surface area contributed by atoms with Gasteiger partial charge in [-0.1, -0.05) is 12.1 Å². The van der Waals surface area contributed by atoms with Crippen LogP contribution in [0.2, 0.25) is 0 Å². The number of rotatable bonds is 5. The summed E-state index contributed by atoms with van der Waals surface area (Å²) >= 11 is 0. The zero-order chi connectivity index (χ0) is 13.7. The Labute approximate surface area is 122 Å². The second-order valence-electron chi connectivity index (χ2n) is 4.15. The number of nitrogens with zero attached hydrogens (tertiary/aromatic N) is 2. The van der Waals surface area contributed by atoms with Gasteiger partial charge in [-0.2, -0.15) is 0 Å². The number of hydrogen-bond donors (Lipinski definition) is 2. The van der Waals surface area contributed by atoms with Gasteiger partial charge in [0.1, 0.15) is 0 Å². The molecular formula is C13H17ClN4O2. The number of halogens is 1. The largest absolute Gasteiger partial charge is 0.355 e. The highest BCUT2D eigenvalue weighted by molar-refractivity contribution is 5.85. The van der Waals surface area contributed by atoms with Crippen molar-refractivity contribution >= 4 is 29.2 Å². The molecule has 2 aromatic rings. The smallest absolute Gasteiger partial charge is 0.261 e. The van der Waals surface area contributed by atoms with Crippen molar-refractivity contribution in [2.24, 2.45) is 5.73 Å². The number of para-hydroxylation sites is 1. The van der Waals surface area contributed by atoms with Gasteiger partial charge in [0.2, 0.25) is 5.91 Å². The van der Waals surface area contributed by atoms with Crippen molar-refractivity contribution in [3.8, 4) is 0 Å². The van der Waals surface area contributed by atoms with Crippen molar-refractivity contribution in [1.82, 2.24) is 14.9 Å². The minimum absolute atomic E-state index is 0. The van der Waals surface area contributed by atoms with Gasteiger partial charge in [0.15, 0.2) is 0 Å².